The van der Waals surface area contributed by atoms with Crippen molar-refractivity contribution >= 4 is 5.78 Å². The van der Waals surface area contributed by atoms with E-state index in [0.29, 0.717) is 23.5 Å². The van der Waals surface area contributed by atoms with Crippen LogP contribution in [0.15, 0.2) is 18.2 Å². The van der Waals surface area contributed by atoms with Gasteiger partial charge in [0.05, 0.1) is 23.8 Å². The van der Waals surface area contributed by atoms with Gasteiger partial charge in [0.1, 0.15) is 5.75 Å². The number of ether oxygens (including phenoxy) is 1. The van der Waals surface area contributed by atoms with Gasteiger partial charge in [-0.15, -0.1) is 0 Å². The highest BCUT2D eigenvalue weighted by Crippen LogP contribution is 2.21. The molecular formula is C14H18N2O2. The van der Waals surface area contributed by atoms with Crippen molar-refractivity contribution in [2.75, 3.05) is 27.2 Å². The van der Waals surface area contributed by atoms with Gasteiger partial charge in [-0.2, -0.15) is 5.26 Å². The number of ketones is 1. The molecule has 0 heterocycles. The van der Waals surface area contributed by atoms with Crippen LogP contribution in [0, 0.1) is 11.3 Å². The van der Waals surface area contributed by atoms with E-state index < -0.39 is 0 Å². The molecule has 0 bridgehead atoms. The molecule has 0 fully saturated rings. The van der Waals surface area contributed by atoms with Crippen LogP contribution in [0.4, 0.5) is 0 Å². The van der Waals surface area contributed by atoms with Gasteiger partial charge in [0.2, 0.25) is 0 Å². The molecule has 0 amide bonds. The van der Waals surface area contributed by atoms with E-state index >= 15 is 0 Å². The highest BCUT2D eigenvalue weighted by atomic mass is 16.5. The second-order valence-electron chi connectivity index (χ2n) is 4.38. The van der Waals surface area contributed by atoms with E-state index in [-0.39, 0.29) is 5.78 Å². The highest BCUT2D eigenvalue weighted by molar-refractivity contribution is 5.97. The minimum Gasteiger partial charge on any atom is -0.493 e. The van der Waals surface area contributed by atoms with Gasteiger partial charge < -0.3 is 9.64 Å². The van der Waals surface area contributed by atoms with E-state index in [9.17, 15) is 4.79 Å². The molecule has 0 aliphatic rings. The third-order valence-electron chi connectivity index (χ3n) is 2.50. The van der Waals surface area contributed by atoms with E-state index in [2.05, 4.69) is 4.90 Å². The smallest absolute Gasteiger partial charge is 0.163 e. The number of nitrogens with zero attached hydrogens (tertiary/aromatic N) is 2. The lowest BCUT2D eigenvalue weighted by atomic mass is 10.1. The molecule has 1 aromatic rings. The summed E-state index contributed by atoms with van der Waals surface area (Å²) in [4.78, 5) is 13.5. The van der Waals surface area contributed by atoms with Gasteiger partial charge in [-0.25, -0.2) is 0 Å². The number of carbonyl (C=O) groups excluding carboxylic acids is 1. The monoisotopic (exact) mass is 246 g/mol. The molecule has 1 aromatic carbocycles. The first-order valence-electron chi connectivity index (χ1n) is 5.87. The SMILES string of the molecule is CC(=O)c1ccc(C#N)cc1OCCCN(C)C. The summed E-state index contributed by atoms with van der Waals surface area (Å²) < 4.78 is 5.59. The summed E-state index contributed by atoms with van der Waals surface area (Å²) in [6, 6.07) is 6.93. The van der Waals surface area contributed by atoms with Gasteiger partial charge >= 0.3 is 0 Å². The molecule has 18 heavy (non-hydrogen) atoms. The Kier molecular flexibility index (Phi) is 5.34. The average molecular weight is 246 g/mol. The van der Waals surface area contributed by atoms with Crippen molar-refractivity contribution in [2.24, 2.45) is 0 Å². The molecule has 0 atom stereocenters. The first-order valence-corrected chi connectivity index (χ1v) is 5.87. The van der Waals surface area contributed by atoms with Crippen LogP contribution < -0.4 is 4.74 Å². The van der Waals surface area contributed by atoms with Crippen LogP contribution in [0.1, 0.15) is 29.3 Å². The van der Waals surface area contributed by atoms with Crippen molar-refractivity contribution in [1.82, 2.24) is 4.90 Å². The predicted molar refractivity (Wildman–Crippen MR) is 69.8 cm³/mol. The Morgan fingerprint density at radius 2 is 2.17 bits per heavy atom. The van der Waals surface area contributed by atoms with Gasteiger partial charge in [0.15, 0.2) is 5.78 Å². The lowest BCUT2D eigenvalue weighted by molar-refractivity contribution is 0.101. The first-order chi connectivity index (χ1) is 8.54. The summed E-state index contributed by atoms with van der Waals surface area (Å²) in [5, 5.41) is 8.84. The van der Waals surface area contributed by atoms with Crippen molar-refractivity contribution in [1.29, 1.82) is 5.26 Å². The van der Waals surface area contributed by atoms with Crippen LogP contribution in [0.3, 0.4) is 0 Å². The normalized spacial score (nSPS) is 10.2. The summed E-state index contributed by atoms with van der Waals surface area (Å²) in [6.45, 7) is 2.95. The summed E-state index contributed by atoms with van der Waals surface area (Å²) >= 11 is 0. The molecule has 0 radical (unpaired) electrons. The third-order valence-corrected chi connectivity index (χ3v) is 2.50. The van der Waals surface area contributed by atoms with E-state index in [1.165, 1.54) is 6.92 Å². The number of nitriles is 1. The van der Waals surface area contributed by atoms with Gasteiger partial charge in [-0.3, -0.25) is 4.79 Å². The molecule has 0 aliphatic carbocycles. The van der Waals surface area contributed by atoms with Crippen molar-refractivity contribution in [3.63, 3.8) is 0 Å². The topological polar surface area (TPSA) is 53.3 Å². The molecule has 0 aliphatic heterocycles. The fraction of sp³-hybridized carbons (Fsp3) is 0.429. The van der Waals surface area contributed by atoms with Gasteiger partial charge in [0.25, 0.3) is 0 Å². The Bertz CT molecular complexity index is 461. The summed E-state index contributed by atoms with van der Waals surface area (Å²) in [6.07, 6.45) is 0.876. The molecule has 0 saturated carbocycles. The van der Waals surface area contributed by atoms with E-state index in [0.717, 1.165) is 13.0 Å². The maximum absolute atomic E-state index is 11.4. The van der Waals surface area contributed by atoms with Crippen molar-refractivity contribution < 1.29 is 9.53 Å². The minimum absolute atomic E-state index is 0.0536. The lowest BCUT2D eigenvalue weighted by Crippen LogP contribution is -2.16. The van der Waals surface area contributed by atoms with Crippen LogP contribution in [0.5, 0.6) is 5.75 Å². The second-order valence-corrected chi connectivity index (χ2v) is 4.38. The average Bonchev–Trinajstić information content (AvgIpc) is 2.33. The van der Waals surface area contributed by atoms with Gasteiger partial charge in [0, 0.05) is 6.54 Å². The Labute approximate surface area is 108 Å². The number of hydrogen-bond acceptors (Lipinski definition) is 4. The first kappa shape index (κ1) is 14.2. The van der Waals surface area contributed by atoms with E-state index in [4.69, 9.17) is 10.00 Å². The van der Waals surface area contributed by atoms with Crippen molar-refractivity contribution in [3.05, 3.63) is 29.3 Å². The van der Waals surface area contributed by atoms with Gasteiger partial charge in [-0.1, -0.05) is 0 Å². The fourth-order valence-corrected chi connectivity index (χ4v) is 1.57. The highest BCUT2D eigenvalue weighted by Gasteiger charge is 2.09. The quantitative estimate of drug-likeness (QED) is 0.569. The molecular weight excluding hydrogens is 228 g/mol. The van der Waals surface area contributed by atoms with E-state index in [1.807, 2.05) is 20.2 Å². The third kappa shape index (κ3) is 4.19. The van der Waals surface area contributed by atoms with Crippen LogP contribution >= 0.6 is 0 Å². The van der Waals surface area contributed by atoms with Gasteiger partial charge in [-0.05, 0) is 45.6 Å². The summed E-state index contributed by atoms with van der Waals surface area (Å²) in [5.41, 5.74) is 1.03. The Morgan fingerprint density at radius 1 is 1.44 bits per heavy atom. The fourth-order valence-electron chi connectivity index (χ4n) is 1.57. The standard InChI is InChI=1S/C14H18N2O2/c1-11(17)13-6-5-12(10-15)9-14(13)18-8-4-7-16(2)3/h5-6,9H,4,7-8H2,1-3H3. The molecule has 0 saturated heterocycles. The molecule has 4 heteroatoms. The molecule has 0 N–H and O–H groups in total. The molecule has 4 nitrogen and oxygen atoms in total. The maximum Gasteiger partial charge on any atom is 0.163 e. The zero-order valence-corrected chi connectivity index (χ0v) is 11.1. The van der Waals surface area contributed by atoms with E-state index in [1.54, 1.807) is 18.2 Å². The molecule has 96 valence electrons. The van der Waals surface area contributed by atoms with Crippen LogP contribution in [-0.2, 0) is 0 Å². The largest absolute Gasteiger partial charge is 0.493 e. The Balaban J connectivity index is 2.73. The Morgan fingerprint density at radius 3 is 2.72 bits per heavy atom. The number of benzene rings is 1. The lowest BCUT2D eigenvalue weighted by Gasteiger charge is -2.12. The van der Waals surface area contributed by atoms with Crippen molar-refractivity contribution in [3.8, 4) is 11.8 Å². The van der Waals surface area contributed by atoms with Crippen LogP contribution in [0.25, 0.3) is 0 Å². The summed E-state index contributed by atoms with van der Waals surface area (Å²) in [7, 11) is 3.99. The molecule has 0 unspecified atom stereocenters. The molecule has 0 aromatic heterocycles. The van der Waals surface area contributed by atoms with Crippen LogP contribution in [-0.4, -0.2) is 37.9 Å². The van der Waals surface area contributed by atoms with Crippen molar-refractivity contribution in [2.45, 2.75) is 13.3 Å². The number of rotatable bonds is 6. The number of Topliss-reactive ketones (excluding diaryl/α,β-unsaturated/α-hetero) is 1. The molecule has 0 spiro atoms. The minimum atomic E-state index is -0.0536. The predicted octanol–water partition coefficient (Wildman–Crippen LogP) is 2.09. The maximum atomic E-state index is 11.4. The second kappa shape index (κ2) is 6.77. The number of hydrogen-bond donors (Lipinski definition) is 0. The zero-order chi connectivity index (χ0) is 13.5. The van der Waals surface area contributed by atoms with Crippen LogP contribution in [0.2, 0.25) is 0 Å². The Hall–Kier alpha value is -1.86. The molecule has 1 rings (SSSR count). The summed E-state index contributed by atoms with van der Waals surface area (Å²) in [5.74, 6) is 0.447. The number of carbonyl (C=O) groups is 1. The zero-order valence-electron chi connectivity index (χ0n) is 11.1.